The average Bonchev–Trinajstić information content (AvgIpc) is 2.28. The highest BCUT2D eigenvalue weighted by atomic mass is 32.1. The SMILES string of the molecule is NC(=S)C1(C(=O)NCCc2ccncc2)CCC1. The fraction of sp³-hybridized carbons (Fsp3) is 0.462. The molecule has 1 aromatic heterocycles. The first-order valence-electron chi connectivity index (χ1n) is 6.12. The van der Waals surface area contributed by atoms with Crippen LogP contribution in [0, 0.1) is 5.41 Å². The summed E-state index contributed by atoms with van der Waals surface area (Å²) in [5.74, 6) is -0.0182. The van der Waals surface area contributed by atoms with Crippen molar-refractivity contribution in [1.82, 2.24) is 10.3 Å². The molecule has 96 valence electrons. The lowest BCUT2D eigenvalue weighted by molar-refractivity contribution is -0.130. The van der Waals surface area contributed by atoms with Crippen LogP contribution in [0.1, 0.15) is 24.8 Å². The van der Waals surface area contributed by atoms with Gasteiger partial charge in [0.25, 0.3) is 0 Å². The molecule has 0 aromatic carbocycles. The zero-order chi connectivity index (χ0) is 13.0. The van der Waals surface area contributed by atoms with Crippen molar-refractivity contribution >= 4 is 23.1 Å². The number of nitrogens with two attached hydrogens (primary N) is 1. The number of amides is 1. The van der Waals surface area contributed by atoms with Crippen molar-refractivity contribution < 1.29 is 4.79 Å². The van der Waals surface area contributed by atoms with Crippen molar-refractivity contribution in [2.75, 3.05) is 6.54 Å². The van der Waals surface area contributed by atoms with E-state index < -0.39 is 5.41 Å². The molecule has 1 saturated carbocycles. The van der Waals surface area contributed by atoms with E-state index in [4.69, 9.17) is 18.0 Å². The molecule has 1 fully saturated rings. The van der Waals surface area contributed by atoms with Crippen LogP contribution in [-0.2, 0) is 11.2 Å². The molecular weight excluding hydrogens is 246 g/mol. The Hall–Kier alpha value is -1.49. The number of rotatable bonds is 5. The second kappa shape index (κ2) is 5.44. The summed E-state index contributed by atoms with van der Waals surface area (Å²) >= 11 is 5.01. The van der Waals surface area contributed by atoms with Gasteiger partial charge in [0.05, 0.1) is 10.4 Å². The van der Waals surface area contributed by atoms with Crippen LogP contribution in [0.3, 0.4) is 0 Å². The Balaban J connectivity index is 1.84. The van der Waals surface area contributed by atoms with E-state index >= 15 is 0 Å². The van der Waals surface area contributed by atoms with Gasteiger partial charge in [0.2, 0.25) is 5.91 Å². The maximum absolute atomic E-state index is 12.1. The van der Waals surface area contributed by atoms with Gasteiger partial charge in [0.1, 0.15) is 0 Å². The van der Waals surface area contributed by atoms with Gasteiger partial charge in [-0.05, 0) is 37.0 Å². The number of thiocarbonyl (C=S) groups is 1. The first-order valence-corrected chi connectivity index (χ1v) is 6.53. The lowest BCUT2D eigenvalue weighted by Gasteiger charge is -2.39. The maximum atomic E-state index is 12.1. The summed E-state index contributed by atoms with van der Waals surface area (Å²) in [6.45, 7) is 0.604. The number of aromatic nitrogens is 1. The van der Waals surface area contributed by atoms with E-state index in [1.807, 2.05) is 12.1 Å². The standard InChI is InChI=1S/C13H17N3OS/c14-11(18)13(5-1-6-13)12(17)16-9-4-10-2-7-15-8-3-10/h2-3,7-8H,1,4-6,9H2,(H2,14,18)(H,16,17). The molecule has 1 heterocycles. The molecule has 0 bridgehead atoms. The van der Waals surface area contributed by atoms with Crippen LogP contribution in [0.4, 0.5) is 0 Å². The molecule has 2 rings (SSSR count). The number of carbonyl (C=O) groups excluding carboxylic acids is 1. The van der Waals surface area contributed by atoms with E-state index in [0.29, 0.717) is 11.5 Å². The largest absolute Gasteiger partial charge is 0.392 e. The molecule has 0 atom stereocenters. The van der Waals surface area contributed by atoms with E-state index in [1.54, 1.807) is 12.4 Å². The highest BCUT2D eigenvalue weighted by Crippen LogP contribution is 2.41. The summed E-state index contributed by atoms with van der Waals surface area (Å²) in [6.07, 6.45) is 6.88. The van der Waals surface area contributed by atoms with Gasteiger partial charge in [-0.25, -0.2) is 0 Å². The number of pyridine rings is 1. The molecule has 5 heteroatoms. The minimum atomic E-state index is -0.576. The van der Waals surface area contributed by atoms with Crippen molar-refractivity contribution in [3.8, 4) is 0 Å². The first kappa shape index (κ1) is 13.0. The topological polar surface area (TPSA) is 68.0 Å². The normalized spacial score (nSPS) is 16.7. The van der Waals surface area contributed by atoms with Crippen molar-refractivity contribution in [3.63, 3.8) is 0 Å². The molecule has 18 heavy (non-hydrogen) atoms. The number of nitrogens with one attached hydrogen (secondary N) is 1. The smallest absolute Gasteiger partial charge is 0.233 e. The van der Waals surface area contributed by atoms with Crippen LogP contribution in [-0.4, -0.2) is 22.4 Å². The molecule has 1 aromatic rings. The second-order valence-corrected chi connectivity index (χ2v) is 5.10. The highest BCUT2D eigenvalue weighted by Gasteiger charge is 2.46. The molecule has 1 amide bonds. The van der Waals surface area contributed by atoms with Gasteiger partial charge in [0.15, 0.2) is 0 Å². The lowest BCUT2D eigenvalue weighted by atomic mass is 9.68. The quantitative estimate of drug-likeness (QED) is 0.783. The van der Waals surface area contributed by atoms with Crippen LogP contribution in [0.5, 0.6) is 0 Å². The number of hydrogen-bond acceptors (Lipinski definition) is 3. The van der Waals surface area contributed by atoms with Crippen molar-refractivity contribution in [1.29, 1.82) is 0 Å². The minimum absolute atomic E-state index is 0.0182. The zero-order valence-corrected chi connectivity index (χ0v) is 11.0. The summed E-state index contributed by atoms with van der Waals surface area (Å²) in [7, 11) is 0. The van der Waals surface area contributed by atoms with Gasteiger partial charge < -0.3 is 11.1 Å². The summed E-state index contributed by atoms with van der Waals surface area (Å²) in [5, 5.41) is 2.93. The molecule has 0 aliphatic heterocycles. The van der Waals surface area contributed by atoms with Gasteiger partial charge in [0, 0.05) is 18.9 Å². The lowest BCUT2D eigenvalue weighted by Crippen LogP contribution is -2.53. The zero-order valence-electron chi connectivity index (χ0n) is 10.2. The number of nitrogens with zero attached hydrogens (tertiary/aromatic N) is 1. The Morgan fingerprint density at radius 1 is 1.44 bits per heavy atom. The maximum Gasteiger partial charge on any atom is 0.233 e. The summed E-state index contributed by atoms with van der Waals surface area (Å²) in [5.41, 5.74) is 6.26. The third kappa shape index (κ3) is 2.51. The van der Waals surface area contributed by atoms with E-state index in [-0.39, 0.29) is 5.91 Å². The fourth-order valence-corrected chi connectivity index (χ4v) is 2.45. The molecular formula is C13H17N3OS. The third-order valence-electron chi connectivity index (χ3n) is 3.56. The Morgan fingerprint density at radius 3 is 2.61 bits per heavy atom. The van der Waals surface area contributed by atoms with Gasteiger partial charge in [-0.15, -0.1) is 0 Å². The molecule has 0 radical (unpaired) electrons. The van der Waals surface area contributed by atoms with Crippen LogP contribution in [0.2, 0.25) is 0 Å². The summed E-state index contributed by atoms with van der Waals surface area (Å²) in [6, 6.07) is 3.89. The van der Waals surface area contributed by atoms with Crippen LogP contribution < -0.4 is 11.1 Å². The Morgan fingerprint density at radius 2 is 2.11 bits per heavy atom. The minimum Gasteiger partial charge on any atom is -0.392 e. The van der Waals surface area contributed by atoms with Gasteiger partial charge in [-0.3, -0.25) is 9.78 Å². The van der Waals surface area contributed by atoms with Crippen LogP contribution in [0.25, 0.3) is 0 Å². The molecule has 0 saturated heterocycles. The van der Waals surface area contributed by atoms with Crippen LogP contribution in [0.15, 0.2) is 24.5 Å². The van der Waals surface area contributed by atoms with Gasteiger partial charge in [-0.2, -0.15) is 0 Å². The second-order valence-electron chi connectivity index (χ2n) is 4.66. The molecule has 1 aliphatic rings. The molecule has 0 unspecified atom stereocenters. The van der Waals surface area contributed by atoms with E-state index in [2.05, 4.69) is 10.3 Å². The average molecular weight is 263 g/mol. The third-order valence-corrected chi connectivity index (χ3v) is 3.95. The molecule has 3 N–H and O–H groups in total. The Labute approximate surface area is 112 Å². The van der Waals surface area contributed by atoms with E-state index in [9.17, 15) is 4.79 Å². The molecule has 1 aliphatic carbocycles. The van der Waals surface area contributed by atoms with Crippen molar-refractivity contribution in [2.24, 2.45) is 11.1 Å². The van der Waals surface area contributed by atoms with Gasteiger partial charge in [-0.1, -0.05) is 18.6 Å². The highest BCUT2D eigenvalue weighted by molar-refractivity contribution is 7.80. The van der Waals surface area contributed by atoms with Crippen molar-refractivity contribution in [2.45, 2.75) is 25.7 Å². The van der Waals surface area contributed by atoms with Crippen LogP contribution >= 0.6 is 12.2 Å². The monoisotopic (exact) mass is 263 g/mol. The summed E-state index contributed by atoms with van der Waals surface area (Å²) < 4.78 is 0. The predicted molar refractivity (Wildman–Crippen MR) is 74.0 cm³/mol. The molecule has 0 spiro atoms. The number of hydrogen-bond donors (Lipinski definition) is 2. The number of carbonyl (C=O) groups is 1. The Kier molecular flexibility index (Phi) is 3.91. The Bertz CT molecular complexity index is 443. The fourth-order valence-electron chi connectivity index (χ4n) is 2.15. The first-order chi connectivity index (χ1) is 8.65. The molecule has 4 nitrogen and oxygen atoms in total. The van der Waals surface area contributed by atoms with Gasteiger partial charge >= 0.3 is 0 Å². The van der Waals surface area contributed by atoms with E-state index in [1.165, 1.54) is 0 Å². The predicted octanol–water partition coefficient (Wildman–Crippen LogP) is 1.20. The summed E-state index contributed by atoms with van der Waals surface area (Å²) in [4.78, 5) is 16.4. The van der Waals surface area contributed by atoms with Crippen molar-refractivity contribution in [3.05, 3.63) is 30.1 Å². The van der Waals surface area contributed by atoms with E-state index in [0.717, 1.165) is 31.2 Å².